The van der Waals surface area contributed by atoms with Gasteiger partial charge in [0.1, 0.15) is 5.69 Å². The van der Waals surface area contributed by atoms with Gasteiger partial charge in [0.25, 0.3) is 0 Å². The third-order valence-corrected chi connectivity index (χ3v) is 1.35. The molecule has 0 radical (unpaired) electrons. The quantitative estimate of drug-likeness (QED) is 0.668. The van der Waals surface area contributed by atoms with Crippen molar-refractivity contribution in [1.82, 2.24) is 15.0 Å². The van der Waals surface area contributed by atoms with Gasteiger partial charge >= 0.3 is 5.97 Å². The Morgan fingerprint density at radius 2 is 2.50 bits per heavy atom. The Morgan fingerprint density at radius 1 is 1.83 bits per heavy atom. The Labute approximate surface area is 68.8 Å². The summed E-state index contributed by atoms with van der Waals surface area (Å²) in [6, 6.07) is 0. The van der Waals surface area contributed by atoms with Gasteiger partial charge in [0, 0.05) is 14.2 Å². The molecule has 0 aliphatic heterocycles. The maximum absolute atomic E-state index is 10.5. The molecule has 1 heterocycles. The maximum atomic E-state index is 10.5. The van der Waals surface area contributed by atoms with Gasteiger partial charge in [-0.2, -0.15) is 15.0 Å². The minimum Gasteiger partial charge on any atom is -0.479 e. The topological polar surface area (TPSA) is 77.2 Å². The van der Waals surface area contributed by atoms with E-state index >= 15 is 0 Å². The third-order valence-electron chi connectivity index (χ3n) is 1.35. The number of hydrogen-bond acceptors (Lipinski definition) is 4. The van der Waals surface area contributed by atoms with E-state index in [1.165, 1.54) is 18.1 Å². The fourth-order valence-corrected chi connectivity index (χ4v) is 0.830. The number of methoxy groups -OCH3 is 1. The molecule has 6 heteroatoms. The number of aliphatic carboxylic acids is 1. The zero-order valence-corrected chi connectivity index (χ0v) is 6.76. The van der Waals surface area contributed by atoms with E-state index in [2.05, 4.69) is 10.2 Å². The van der Waals surface area contributed by atoms with Crippen LogP contribution in [0.3, 0.4) is 0 Å². The van der Waals surface area contributed by atoms with Crippen LogP contribution in [0.15, 0.2) is 6.20 Å². The van der Waals surface area contributed by atoms with Gasteiger partial charge in [-0.05, 0) is 0 Å². The molecule has 0 aliphatic rings. The predicted molar refractivity (Wildman–Crippen MR) is 38.4 cm³/mol. The highest BCUT2D eigenvalue weighted by Gasteiger charge is 2.21. The standard InChI is InChI=1S/C6H9N3O3/c1-9-7-3-4(8-9)5(12-2)6(10)11/h3,5H,1-2H3,(H,10,11). The van der Waals surface area contributed by atoms with Gasteiger partial charge in [-0.25, -0.2) is 4.79 Å². The third kappa shape index (κ3) is 1.59. The second-order valence-corrected chi connectivity index (χ2v) is 2.21. The first kappa shape index (κ1) is 8.66. The van der Waals surface area contributed by atoms with Crippen LogP contribution in [-0.4, -0.2) is 33.2 Å². The number of ether oxygens (including phenoxy) is 1. The van der Waals surface area contributed by atoms with Crippen molar-refractivity contribution in [3.63, 3.8) is 0 Å². The molecule has 1 rings (SSSR count). The molecule has 0 saturated carbocycles. The fraction of sp³-hybridized carbons (Fsp3) is 0.500. The van der Waals surface area contributed by atoms with E-state index in [1.807, 2.05) is 0 Å². The van der Waals surface area contributed by atoms with Crippen molar-refractivity contribution in [3.8, 4) is 0 Å². The molecule has 0 bridgehead atoms. The molecule has 0 spiro atoms. The highest BCUT2D eigenvalue weighted by Crippen LogP contribution is 2.11. The van der Waals surface area contributed by atoms with E-state index in [-0.39, 0.29) is 0 Å². The van der Waals surface area contributed by atoms with Gasteiger partial charge in [0.05, 0.1) is 6.20 Å². The maximum Gasteiger partial charge on any atom is 0.339 e. The Balaban J connectivity index is 2.87. The average molecular weight is 171 g/mol. The van der Waals surface area contributed by atoms with Crippen LogP contribution in [0, 0.1) is 0 Å². The normalized spacial score (nSPS) is 12.8. The summed E-state index contributed by atoms with van der Waals surface area (Å²) in [6.45, 7) is 0. The van der Waals surface area contributed by atoms with Crippen LogP contribution < -0.4 is 0 Å². The molecule has 12 heavy (non-hydrogen) atoms. The van der Waals surface area contributed by atoms with Crippen molar-refractivity contribution in [2.45, 2.75) is 6.10 Å². The number of hydrogen-bond donors (Lipinski definition) is 1. The molecular formula is C6H9N3O3. The van der Waals surface area contributed by atoms with Crippen molar-refractivity contribution in [1.29, 1.82) is 0 Å². The van der Waals surface area contributed by atoms with Crippen LogP contribution in [0.25, 0.3) is 0 Å². The molecule has 0 fully saturated rings. The van der Waals surface area contributed by atoms with Gasteiger partial charge in [0.15, 0.2) is 6.10 Å². The molecule has 1 atom stereocenters. The van der Waals surface area contributed by atoms with Gasteiger partial charge in [-0.1, -0.05) is 0 Å². The largest absolute Gasteiger partial charge is 0.479 e. The second-order valence-electron chi connectivity index (χ2n) is 2.21. The predicted octanol–water partition coefficient (Wildman–Crippen LogP) is -0.413. The molecule has 0 aromatic carbocycles. The highest BCUT2D eigenvalue weighted by atomic mass is 16.5. The number of rotatable bonds is 3. The molecule has 6 nitrogen and oxygen atoms in total. The number of aromatic nitrogens is 3. The lowest BCUT2D eigenvalue weighted by atomic mass is 10.3. The molecule has 1 N–H and O–H groups in total. The summed E-state index contributed by atoms with van der Waals surface area (Å²) >= 11 is 0. The van der Waals surface area contributed by atoms with Crippen LogP contribution in [0.5, 0.6) is 0 Å². The SMILES string of the molecule is COC(C(=O)O)c1cnn(C)n1. The van der Waals surface area contributed by atoms with Crippen molar-refractivity contribution in [2.24, 2.45) is 7.05 Å². The summed E-state index contributed by atoms with van der Waals surface area (Å²) in [6.07, 6.45) is 0.334. The molecule has 1 aromatic rings. The Hall–Kier alpha value is -1.43. The Bertz CT molecular complexity index is 283. The zero-order valence-electron chi connectivity index (χ0n) is 6.76. The molecule has 66 valence electrons. The Morgan fingerprint density at radius 3 is 2.83 bits per heavy atom. The molecule has 1 unspecified atom stereocenters. The van der Waals surface area contributed by atoms with E-state index in [0.29, 0.717) is 5.69 Å². The van der Waals surface area contributed by atoms with E-state index in [1.54, 1.807) is 7.05 Å². The van der Waals surface area contributed by atoms with Crippen LogP contribution in [0.1, 0.15) is 11.8 Å². The van der Waals surface area contributed by atoms with Gasteiger partial charge in [-0.15, -0.1) is 0 Å². The van der Waals surface area contributed by atoms with Crippen LogP contribution >= 0.6 is 0 Å². The van der Waals surface area contributed by atoms with Gasteiger partial charge in [0.2, 0.25) is 0 Å². The first-order valence-electron chi connectivity index (χ1n) is 3.27. The molecular weight excluding hydrogens is 162 g/mol. The van der Waals surface area contributed by atoms with Crippen molar-refractivity contribution < 1.29 is 14.6 Å². The van der Waals surface area contributed by atoms with Crippen molar-refractivity contribution in [3.05, 3.63) is 11.9 Å². The summed E-state index contributed by atoms with van der Waals surface area (Å²) in [7, 11) is 2.92. The Kier molecular flexibility index (Phi) is 2.39. The fourth-order valence-electron chi connectivity index (χ4n) is 0.830. The first-order valence-corrected chi connectivity index (χ1v) is 3.27. The van der Waals surface area contributed by atoms with Gasteiger partial charge in [-0.3, -0.25) is 0 Å². The lowest BCUT2D eigenvalue weighted by molar-refractivity contribution is -0.149. The molecule has 0 saturated heterocycles. The summed E-state index contributed by atoms with van der Waals surface area (Å²) < 4.78 is 4.70. The van der Waals surface area contributed by atoms with E-state index in [9.17, 15) is 4.79 Å². The molecule has 1 aromatic heterocycles. The minimum atomic E-state index is -1.07. The molecule has 0 amide bonds. The minimum absolute atomic E-state index is 0.299. The zero-order chi connectivity index (χ0) is 9.14. The van der Waals surface area contributed by atoms with E-state index < -0.39 is 12.1 Å². The summed E-state index contributed by atoms with van der Waals surface area (Å²) in [5.41, 5.74) is 0.299. The number of carbonyl (C=O) groups is 1. The van der Waals surface area contributed by atoms with Crippen LogP contribution in [0.2, 0.25) is 0 Å². The number of nitrogens with zero attached hydrogens (tertiary/aromatic N) is 3. The lowest BCUT2D eigenvalue weighted by Crippen LogP contribution is -2.14. The lowest BCUT2D eigenvalue weighted by Gasteiger charge is -2.04. The van der Waals surface area contributed by atoms with Crippen LogP contribution in [-0.2, 0) is 16.6 Å². The second kappa shape index (κ2) is 3.31. The number of carboxylic acid groups (broad SMARTS) is 1. The first-order chi connectivity index (χ1) is 5.65. The number of aryl methyl sites for hydroxylation is 1. The van der Waals surface area contributed by atoms with Crippen LogP contribution in [0.4, 0.5) is 0 Å². The monoisotopic (exact) mass is 171 g/mol. The number of carboxylic acids is 1. The highest BCUT2D eigenvalue weighted by molar-refractivity contribution is 5.73. The van der Waals surface area contributed by atoms with E-state index in [0.717, 1.165) is 0 Å². The average Bonchev–Trinajstić information content (AvgIpc) is 2.37. The molecule has 0 aliphatic carbocycles. The van der Waals surface area contributed by atoms with Crippen molar-refractivity contribution >= 4 is 5.97 Å². The van der Waals surface area contributed by atoms with Gasteiger partial charge < -0.3 is 9.84 Å². The summed E-state index contributed by atoms with van der Waals surface area (Å²) in [5, 5.41) is 16.2. The summed E-state index contributed by atoms with van der Waals surface area (Å²) in [4.78, 5) is 11.8. The summed E-state index contributed by atoms with van der Waals surface area (Å²) in [5.74, 6) is -1.07. The van der Waals surface area contributed by atoms with E-state index in [4.69, 9.17) is 9.84 Å². The van der Waals surface area contributed by atoms with Crippen molar-refractivity contribution in [2.75, 3.05) is 7.11 Å². The smallest absolute Gasteiger partial charge is 0.339 e.